The van der Waals surface area contributed by atoms with Gasteiger partial charge >= 0.3 is 5.76 Å². The van der Waals surface area contributed by atoms with Crippen LogP contribution in [0.15, 0.2) is 70.0 Å². The van der Waals surface area contributed by atoms with Crippen molar-refractivity contribution in [1.29, 1.82) is 0 Å². The molecule has 2 unspecified atom stereocenters. The van der Waals surface area contributed by atoms with Gasteiger partial charge in [0.2, 0.25) is 0 Å². The third kappa shape index (κ3) is 5.13. The van der Waals surface area contributed by atoms with Crippen LogP contribution in [-0.2, 0) is 29.5 Å². The number of hydrogen-bond donors (Lipinski definition) is 2. The van der Waals surface area contributed by atoms with Crippen LogP contribution < -0.4 is 15.8 Å². The van der Waals surface area contributed by atoms with Gasteiger partial charge in [-0.3, -0.25) is 9.78 Å². The van der Waals surface area contributed by atoms with Gasteiger partial charge in [0.25, 0.3) is 11.8 Å². The molecule has 1 saturated heterocycles. The van der Waals surface area contributed by atoms with Crippen molar-refractivity contribution in [3.05, 3.63) is 111 Å². The number of carbonyl (C=O) groups is 1. The highest BCUT2D eigenvalue weighted by Gasteiger charge is 2.52. The van der Waals surface area contributed by atoms with Gasteiger partial charge in [0.1, 0.15) is 22.9 Å². The lowest BCUT2D eigenvalue weighted by atomic mass is 9.90. The molecule has 258 valence electrons. The number of aromatic amines is 1. The summed E-state index contributed by atoms with van der Waals surface area (Å²) in [6.45, 7) is 3.12. The van der Waals surface area contributed by atoms with Crippen molar-refractivity contribution in [2.75, 3.05) is 32.2 Å². The number of carbonyl (C=O) groups excluding carboxylic acids is 1. The second kappa shape index (κ2) is 12.1. The average Bonchev–Trinajstić information content (AvgIpc) is 3.92. The number of rotatable bonds is 8. The number of aromatic nitrogens is 4. The van der Waals surface area contributed by atoms with Crippen LogP contribution in [0.3, 0.4) is 0 Å². The standard InChI is InChI=1S/C38H33FN6O5S/c1-38-19-49-17-16-45(38)36(46)31-30(29(35-43-44-37(47)50-35)26(41-33(31)38)12-8-20-6-9-22(39)10-7-20)28-18-21-14-15-40-34(32(21)51-28)42-25-13-11-24-23(25)4-3-5-27(24)48-2/h3-7,9-10,14-15,18,25H,8,11-13,16-17,19H2,1-2H3,(H,40,42)(H,44,47). The summed E-state index contributed by atoms with van der Waals surface area (Å²) in [5, 5.41) is 11.3. The predicted octanol–water partition coefficient (Wildman–Crippen LogP) is 6.44. The van der Waals surface area contributed by atoms with Gasteiger partial charge in [0, 0.05) is 23.2 Å². The Hall–Kier alpha value is -5.40. The number of morpholine rings is 1. The van der Waals surface area contributed by atoms with Gasteiger partial charge in [-0.1, -0.05) is 24.3 Å². The first-order chi connectivity index (χ1) is 24.8. The first-order valence-corrected chi connectivity index (χ1v) is 17.7. The van der Waals surface area contributed by atoms with E-state index in [-0.39, 0.29) is 23.7 Å². The zero-order valence-corrected chi connectivity index (χ0v) is 28.7. The molecule has 0 spiro atoms. The number of halogens is 1. The minimum atomic E-state index is -0.795. The monoisotopic (exact) mass is 704 g/mol. The Balaban J connectivity index is 1.23. The minimum absolute atomic E-state index is 0.0453. The number of hydrogen-bond acceptors (Lipinski definition) is 10. The SMILES string of the molecule is COc1cccc2c1CCC2Nc1nccc2cc(-c3c4c(nc(CCc5ccc(F)cc5)c3-c3n[nH]c(=O)o3)C3(C)COCCN3C4=O)sc12. The van der Waals surface area contributed by atoms with Crippen molar-refractivity contribution in [3.8, 4) is 27.6 Å². The maximum absolute atomic E-state index is 14.5. The smallest absolute Gasteiger partial charge is 0.434 e. The van der Waals surface area contributed by atoms with Crippen LogP contribution in [0.25, 0.3) is 32.0 Å². The fraction of sp³-hybridized carbons (Fsp3) is 0.289. The van der Waals surface area contributed by atoms with Gasteiger partial charge in [-0.15, -0.1) is 16.4 Å². The Labute approximate surface area is 295 Å². The minimum Gasteiger partial charge on any atom is -0.496 e. The molecular weight excluding hydrogens is 672 g/mol. The number of thiophene rings is 1. The van der Waals surface area contributed by atoms with Crippen LogP contribution in [0, 0.1) is 5.82 Å². The number of anilines is 1. The summed E-state index contributed by atoms with van der Waals surface area (Å²) in [5.41, 5.74) is 5.25. The van der Waals surface area contributed by atoms with Crippen molar-refractivity contribution in [3.63, 3.8) is 0 Å². The molecule has 1 amide bonds. The van der Waals surface area contributed by atoms with E-state index in [1.54, 1.807) is 25.4 Å². The molecule has 1 aliphatic carbocycles. The van der Waals surface area contributed by atoms with Gasteiger partial charge in [-0.25, -0.2) is 19.3 Å². The van der Waals surface area contributed by atoms with Crippen molar-refractivity contribution in [2.24, 2.45) is 0 Å². The topological polar surface area (TPSA) is 135 Å². The highest BCUT2D eigenvalue weighted by atomic mass is 32.1. The molecular formula is C38H33FN6O5S. The number of aryl methyl sites for hydroxylation is 2. The Morgan fingerprint density at radius 2 is 1.98 bits per heavy atom. The fourth-order valence-electron chi connectivity index (χ4n) is 7.87. The molecule has 0 saturated carbocycles. The van der Waals surface area contributed by atoms with Crippen molar-refractivity contribution in [1.82, 2.24) is 25.1 Å². The second-order valence-corrected chi connectivity index (χ2v) is 14.4. The van der Waals surface area contributed by atoms with Gasteiger partial charge in [0.15, 0.2) is 0 Å². The zero-order chi connectivity index (χ0) is 34.9. The lowest BCUT2D eigenvalue weighted by Gasteiger charge is -2.39. The molecule has 51 heavy (non-hydrogen) atoms. The van der Waals surface area contributed by atoms with Gasteiger partial charge < -0.3 is 24.1 Å². The van der Waals surface area contributed by atoms with Gasteiger partial charge in [-0.2, -0.15) is 0 Å². The van der Waals surface area contributed by atoms with Gasteiger partial charge in [-0.05, 0) is 85.0 Å². The first-order valence-electron chi connectivity index (χ1n) is 16.9. The maximum Gasteiger partial charge on any atom is 0.434 e. The molecule has 4 aromatic heterocycles. The largest absolute Gasteiger partial charge is 0.496 e. The van der Waals surface area contributed by atoms with Crippen molar-refractivity contribution >= 4 is 33.1 Å². The highest BCUT2D eigenvalue weighted by molar-refractivity contribution is 7.23. The van der Waals surface area contributed by atoms with E-state index in [4.69, 9.17) is 23.9 Å². The van der Waals surface area contributed by atoms with Crippen LogP contribution >= 0.6 is 11.3 Å². The first kappa shape index (κ1) is 31.6. The quantitative estimate of drug-likeness (QED) is 0.184. The fourth-order valence-corrected chi connectivity index (χ4v) is 9.03. The van der Waals surface area contributed by atoms with Crippen LogP contribution in [0.1, 0.15) is 57.8 Å². The molecule has 2 atom stereocenters. The van der Waals surface area contributed by atoms with E-state index in [2.05, 4.69) is 27.6 Å². The van der Waals surface area contributed by atoms with E-state index in [9.17, 15) is 14.0 Å². The molecule has 6 heterocycles. The molecule has 3 aliphatic rings. The number of H-pyrrole nitrogens is 1. The molecule has 6 aromatic rings. The molecule has 2 aliphatic heterocycles. The van der Waals surface area contributed by atoms with E-state index < -0.39 is 11.3 Å². The summed E-state index contributed by atoms with van der Waals surface area (Å²) in [7, 11) is 1.70. The van der Waals surface area contributed by atoms with E-state index in [1.165, 1.54) is 34.6 Å². The van der Waals surface area contributed by atoms with Crippen LogP contribution in [-0.4, -0.2) is 57.8 Å². The van der Waals surface area contributed by atoms with Crippen LogP contribution in [0.5, 0.6) is 5.75 Å². The Morgan fingerprint density at radius 1 is 1.12 bits per heavy atom. The molecule has 0 bridgehead atoms. The summed E-state index contributed by atoms with van der Waals surface area (Å²) in [6.07, 6.45) is 4.51. The molecule has 9 rings (SSSR count). The summed E-state index contributed by atoms with van der Waals surface area (Å²) in [4.78, 5) is 39.5. The number of pyridine rings is 2. The lowest BCUT2D eigenvalue weighted by Crippen LogP contribution is -2.50. The second-order valence-electron chi connectivity index (χ2n) is 13.3. The number of methoxy groups -OCH3 is 1. The number of nitrogens with one attached hydrogen (secondary N) is 2. The molecule has 2 aromatic carbocycles. The lowest BCUT2D eigenvalue weighted by molar-refractivity contribution is -0.0416. The third-order valence-corrected chi connectivity index (χ3v) is 11.5. The normalized spacial score (nSPS) is 19.3. The summed E-state index contributed by atoms with van der Waals surface area (Å²) < 4.78 is 31.9. The van der Waals surface area contributed by atoms with Crippen LogP contribution in [0.2, 0.25) is 0 Å². The van der Waals surface area contributed by atoms with E-state index in [1.807, 2.05) is 30.0 Å². The van der Waals surface area contributed by atoms with E-state index >= 15 is 0 Å². The Bertz CT molecular complexity index is 2400. The highest BCUT2D eigenvalue weighted by Crippen LogP contribution is 2.50. The summed E-state index contributed by atoms with van der Waals surface area (Å²) >= 11 is 1.51. The predicted molar refractivity (Wildman–Crippen MR) is 190 cm³/mol. The summed E-state index contributed by atoms with van der Waals surface area (Å²) in [5.74, 6) is 0.483. The average molecular weight is 705 g/mol. The maximum atomic E-state index is 14.5. The molecule has 1 fully saturated rings. The number of fused-ring (bicyclic) bond motifs is 5. The summed E-state index contributed by atoms with van der Waals surface area (Å²) in [6, 6.07) is 16.5. The molecule has 13 heteroatoms. The van der Waals surface area contributed by atoms with Crippen molar-refractivity contribution in [2.45, 2.75) is 44.2 Å². The van der Waals surface area contributed by atoms with Crippen molar-refractivity contribution < 1.29 is 23.1 Å². The number of amides is 1. The number of benzene rings is 2. The van der Waals surface area contributed by atoms with Gasteiger partial charge in [0.05, 0.1) is 53.6 Å². The molecule has 2 N–H and O–H groups in total. The number of nitrogens with zero attached hydrogens (tertiary/aromatic N) is 4. The Kier molecular flexibility index (Phi) is 7.51. The number of ether oxygens (including phenoxy) is 2. The van der Waals surface area contributed by atoms with E-state index in [0.29, 0.717) is 60.7 Å². The molecule has 0 radical (unpaired) electrons. The molecule has 11 nitrogen and oxygen atoms in total. The van der Waals surface area contributed by atoms with Crippen LogP contribution in [0.4, 0.5) is 10.2 Å². The Morgan fingerprint density at radius 3 is 2.78 bits per heavy atom. The van der Waals surface area contributed by atoms with E-state index in [0.717, 1.165) is 44.9 Å². The third-order valence-electron chi connectivity index (χ3n) is 10.3. The zero-order valence-electron chi connectivity index (χ0n) is 27.9.